The van der Waals surface area contributed by atoms with Crippen molar-refractivity contribution in [3.63, 3.8) is 0 Å². The number of nitrogens with two attached hydrogens (primary N) is 1. The van der Waals surface area contributed by atoms with E-state index in [1.807, 2.05) is 20.8 Å². The van der Waals surface area contributed by atoms with Crippen LogP contribution in [0.3, 0.4) is 0 Å². The third-order valence-corrected chi connectivity index (χ3v) is 2.41. The highest BCUT2D eigenvalue weighted by atomic mass is 32.1. The van der Waals surface area contributed by atoms with Crippen molar-refractivity contribution >= 4 is 16.7 Å². The van der Waals surface area contributed by atoms with E-state index >= 15 is 0 Å². The quantitative estimate of drug-likeness (QED) is 0.767. The first-order valence-corrected chi connectivity index (χ1v) is 5.15. The Labute approximate surface area is 82.7 Å². The average molecular weight is 200 g/mol. The molecule has 5 heteroatoms. The zero-order valence-electron chi connectivity index (χ0n) is 8.29. The fourth-order valence-electron chi connectivity index (χ4n) is 0.789. The van der Waals surface area contributed by atoms with Gasteiger partial charge in [-0.2, -0.15) is 4.37 Å². The van der Waals surface area contributed by atoms with E-state index in [4.69, 9.17) is 5.73 Å². The lowest BCUT2D eigenvalue weighted by molar-refractivity contribution is 0.579. The molecule has 74 valence electrons. The molecule has 0 aromatic carbocycles. The van der Waals surface area contributed by atoms with E-state index in [0.29, 0.717) is 6.54 Å². The van der Waals surface area contributed by atoms with E-state index in [1.165, 1.54) is 11.5 Å². The van der Waals surface area contributed by atoms with Gasteiger partial charge in [-0.15, -0.1) is 0 Å². The van der Waals surface area contributed by atoms with Crippen LogP contribution in [0.2, 0.25) is 0 Å². The first-order chi connectivity index (χ1) is 6.07. The van der Waals surface area contributed by atoms with Gasteiger partial charge >= 0.3 is 0 Å². The summed E-state index contributed by atoms with van der Waals surface area (Å²) in [5.41, 5.74) is 5.48. The Morgan fingerprint density at radius 1 is 1.54 bits per heavy atom. The van der Waals surface area contributed by atoms with Crippen molar-refractivity contribution in [2.75, 3.05) is 11.9 Å². The van der Waals surface area contributed by atoms with Crippen LogP contribution in [-0.4, -0.2) is 21.4 Å². The Bertz CT molecular complexity index is 269. The van der Waals surface area contributed by atoms with Gasteiger partial charge in [-0.3, -0.25) is 0 Å². The second kappa shape index (κ2) is 4.02. The van der Waals surface area contributed by atoms with Crippen molar-refractivity contribution in [1.82, 2.24) is 9.36 Å². The molecule has 0 radical (unpaired) electrons. The second-order valence-electron chi connectivity index (χ2n) is 3.58. The summed E-state index contributed by atoms with van der Waals surface area (Å²) in [7, 11) is 0. The third kappa shape index (κ3) is 2.93. The van der Waals surface area contributed by atoms with Crippen molar-refractivity contribution in [2.45, 2.75) is 32.7 Å². The van der Waals surface area contributed by atoms with Crippen molar-refractivity contribution in [3.8, 4) is 0 Å². The molecule has 0 aliphatic rings. The third-order valence-electron chi connectivity index (χ3n) is 1.74. The van der Waals surface area contributed by atoms with Crippen molar-refractivity contribution < 1.29 is 0 Å². The molecular formula is C8H16N4S. The highest BCUT2D eigenvalue weighted by Gasteiger charge is 2.16. The topological polar surface area (TPSA) is 63.8 Å². The summed E-state index contributed by atoms with van der Waals surface area (Å²) in [6.45, 7) is 6.70. The molecule has 0 spiro atoms. The van der Waals surface area contributed by atoms with Gasteiger partial charge in [-0.25, -0.2) is 4.98 Å². The van der Waals surface area contributed by atoms with Gasteiger partial charge in [0.15, 0.2) is 0 Å². The van der Waals surface area contributed by atoms with Gasteiger partial charge in [0, 0.05) is 30.0 Å². The van der Waals surface area contributed by atoms with Gasteiger partial charge in [0.1, 0.15) is 5.82 Å². The Balaban J connectivity index is 2.63. The van der Waals surface area contributed by atoms with Crippen LogP contribution in [-0.2, 0) is 6.42 Å². The molecule has 0 aliphatic carbocycles. The molecule has 1 aromatic heterocycles. The number of aromatic nitrogens is 2. The van der Waals surface area contributed by atoms with Crippen LogP contribution >= 0.6 is 11.5 Å². The van der Waals surface area contributed by atoms with E-state index in [9.17, 15) is 0 Å². The molecule has 0 bridgehead atoms. The summed E-state index contributed by atoms with van der Waals surface area (Å²) in [5, 5.41) is 4.10. The van der Waals surface area contributed by atoms with Gasteiger partial charge in [0.2, 0.25) is 5.13 Å². The molecule has 0 fully saturated rings. The highest BCUT2D eigenvalue weighted by Crippen LogP contribution is 2.16. The number of aryl methyl sites for hydroxylation is 1. The van der Waals surface area contributed by atoms with Gasteiger partial charge in [0.05, 0.1) is 0 Å². The van der Waals surface area contributed by atoms with Crippen molar-refractivity contribution in [2.24, 2.45) is 5.73 Å². The summed E-state index contributed by atoms with van der Waals surface area (Å²) in [6.07, 6.45) is 0.876. The number of rotatable bonds is 4. The maximum Gasteiger partial charge on any atom is 0.203 e. The first kappa shape index (κ1) is 10.4. The highest BCUT2D eigenvalue weighted by molar-refractivity contribution is 7.09. The van der Waals surface area contributed by atoms with Gasteiger partial charge in [0.25, 0.3) is 0 Å². The summed E-state index contributed by atoms with van der Waals surface area (Å²) >= 11 is 1.39. The van der Waals surface area contributed by atoms with Gasteiger partial charge in [-0.1, -0.05) is 6.92 Å². The van der Waals surface area contributed by atoms with Crippen LogP contribution in [0.25, 0.3) is 0 Å². The number of anilines is 1. The van der Waals surface area contributed by atoms with Gasteiger partial charge in [-0.05, 0) is 13.8 Å². The van der Waals surface area contributed by atoms with Gasteiger partial charge < -0.3 is 11.1 Å². The predicted molar refractivity (Wildman–Crippen MR) is 56.0 cm³/mol. The molecule has 0 saturated carbocycles. The minimum atomic E-state index is -0.107. The molecule has 13 heavy (non-hydrogen) atoms. The van der Waals surface area contributed by atoms with Crippen LogP contribution in [0.5, 0.6) is 0 Å². The molecule has 0 atom stereocenters. The molecule has 1 heterocycles. The monoisotopic (exact) mass is 200 g/mol. The fraction of sp³-hybridized carbons (Fsp3) is 0.750. The van der Waals surface area contributed by atoms with Crippen molar-refractivity contribution in [1.29, 1.82) is 0 Å². The molecule has 3 N–H and O–H groups in total. The summed E-state index contributed by atoms with van der Waals surface area (Å²) in [4.78, 5) is 4.30. The molecule has 0 saturated heterocycles. The minimum Gasteiger partial charge on any atom is -0.354 e. The molecule has 1 rings (SSSR count). The smallest absolute Gasteiger partial charge is 0.203 e. The van der Waals surface area contributed by atoms with Crippen LogP contribution < -0.4 is 11.1 Å². The predicted octanol–water partition coefficient (Wildman–Crippen LogP) is 1.25. The Hall–Kier alpha value is -0.680. The number of hydrogen-bond donors (Lipinski definition) is 2. The fourth-order valence-corrected chi connectivity index (χ4v) is 1.62. The molecule has 0 unspecified atom stereocenters. The number of hydrogen-bond acceptors (Lipinski definition) is 5. The lowest BCUT2D eigenvalue weighted by atomic mass is 10.1. The SMILES string of the molecule is CCc1nsc(NC(C)(C)CN)n1. The Morgan fingerprint density at radius 3 is 2.69 bits per heavy atom. The zero-order chi connectivity index (χ0) is 9.90. The molecule has 0 amide bonds. The normalized spacial score (nSPS) is 11.7. The van der Waals surface area contributed by atoms with E-state index in [1.54, 1.807) is 0 Å². The lowest BCUT2D eigenvalue weighted by Gasteiger charge is -2.23. The molecule has 0 aliphatic heterocycles. The molecule has 4 nitrogen and oxygen atoms in total. The minimum absolute atomic E-state index is 0.107. The lowest BCUT2D eigenvalue weighted by Crippen LogP contribution is -2.39. The van der Waals surface area contributed by atoms with E-state index in [2.05, 4.69) is 14.7 Å². The maximum absolute atomic E-state index is 5.59. The second-order valence-corrected chi connectivity index (χ2v) is 4.33. The van der Waals surface area contributed by atoms with Crippen LogP contribution in [0.1, 0.15) is 26.6 Å². The van der Waals surface area contributed by atoms with Crippen molar-refractivity contribution in [3.05, 3.63) is 5.82 Å². The first-order valence-electron chi connectivity index (χ1n) is 4.38. The standard InChI is InChI=1S/C8H16N4S/c1-4-6-10-7(13-12-6)11-8(2,3)5-9/h4-5,9H2,1-3H3,(H,10,11,12). The zero-order valence-corrected chi connectivity index (χ0v) is 9.11. The molecule has 1 aromatic rings. The maximum atomic E-state index is 5.59. The van der Waals surface area contributed by atoms with Crippen LogP contribution in [0.15, 0.2) is 0 Å². The van der Waals surface area contributed by atoms with Crippen LogP contribution in [0, 0.1) is 0 Å². The number of nitrogens with one attached hydrogen (secondary N) is 1. The largest absolute Gasteiger partial charge is 0.354 e. The van der Waals surface area contributed by atoms with E-state index < -0.39 is 0 Å². The van der Waals surface area contributed by atoms with Crippen LogP contribution in [0.4, 0.5) is 5.13 Å². The Morgan fingerprint density at radius 2 is 2.23 bits per heavy atom. The summed E-state index contributed by atoms with van der Waals surface area (Å²) in [5.74, 6) is 0.889. The summed E-state index contributed by atoms with van der Waals surface area (Å²) < 4.78 is 4.18. The summed E-state index contributed by atoms with van der Waals surface area (Å²) in [6, 6.07) is 0. The van der Waals surface area contributed by atoms with E-state index in [-0.39, 0.29) is 5.54 Å². The number of nitrogens with zero attached hydrogens (tertiary/aromatic N) is 2. The molecular weight excluding hydrogens is 184 g/mol. The van der Waals surface area contributed by atoms with E-state index in [0.717, 1.165) is 17.4 Å². The Kier molecular flexibility index (Phi) is 3.22. The average Bonchev–Trinajstić information content (AvgIpc) is 2.52.